The Morgan fingerprint density at radius 1 is 1.29 bits per heavy atom. The molecule has 0 fully saturated rings. The van der Waals surface area contributed by atoms with E-state index in [2.05, 4.69) is 36.5 Å². The van der Waals surface area contributed by atoms with Gasteiger partial charge in [-0.1, -0.05) is 30.3 Å². The van der Waals surface area contributed by atoms with Crippen molar-refractivity contribution in [1.29, 1.82) is 0 Å². The summed E-state index contributed by atoms with van der Waals surface area (Å²) in [7, 11) is 0. The highest BCUT2D eigenvalue weighted by Gasteiger charge is 2.22. The van der Waals surface area contributed by atoms with Crippen LogP contribution in [0.5, 0.6) is 0 Å². The minimum Gasteiger partial charge on any atom is -0.309 e. The molecule has 3 rings (SSSR count). The van der Waals surface area contributed by atoms with Crippen molar-refractivity contribution < 1.29 is 4.39 Å². The molecule has 0 spiro atoms. The second kappa shape index (κ2) is 6.20. The first-order valence-corrected chi connectivity index (χ1v) is 8.25. The number of hydrogen-bond acceptors (Lipinski definition) is 2. The molecule has 110 valence electrons. The number of thioether (sulfide) groups is 1. The first-order valence-electron chi connectivity index (χ1n) is 7.37. The maximum absolute atomic E-state index is 13.6. The Morgan fingerprint density at radius 2 is 2.10 bits per heavy atom. The van der Waals surface area contributed by atoms with Crippen molar-refractivity contribution in [3.05, 3.63) is 65.0 Å². The third kappa shape index (κ3) is 3.30. The summed E-state index contributed by atoms with van der Waals surface area (Å²) >= 11 is 1.94. The fourth-order valence-corrected chi connectivity index (χ4v) is 3.93. The number of hydrogen-bond donors (Lipinski definition) is 1. The summed E-state index contributed by atoms with van der Waals surface area (Å²) in [4.78, 5) is 1.40. The van der Waals surface area contributed by atoms with E-state index in [1.165, 1.54) is 10.5 Å². The zero-order valence-electron chi connectivity index (χ0n) is 12.4. The Bertz CT molecular complexity index is 616. The van der Waals surface area contributed by atoms with E-state index in [9.17, 15) is 4.39 Å². The fourth-order valence-electron chi connectivity index (χ4n) is 2.67. The van der Waals surface area contributed by atoms with Gasteiger partial charge in [-0.15, -0.1) is 11.8 Å². The lowest BCUT2D eigenvalue weighted by atomic mass is 10.1. The van der Waals surface area contributed by atoms with Crippen LogP contribution in [-0.2, 0) is 6.42 Å². The first-order chi connectivity index (χ1) is 10.1. The highest BCUT2D eigenvalue weighted by atomic mass is 32.2. The molecule has 0 saturated carbocycles. The summed E-state index contributed by atoms with van der Waals surface area (Å²) in [6.07, 6.45) is 1.11. The van der Waals surface area contributed by atoms with Crippen LogP contribution >= 0.6 is 11.8 Å². The minimum absolute atomic E-state index is 0.121. The van der Waals surface area contributed by atoms with Gasteiger partial charge in [-0.2, -0.15) is 0 Å². The molecule has 0 aliphatic carbocycles. The van der Waals surface area contributed by atoms with Gasteiger partial charge in [0, 0.05) is 22.7 Å². The lowest BCUT2D eigenvalue weighted by molar-refractivity contribution is 0.558. The average molecular weight is 301 g/mol. The van der Waals surface area contributed by atoms with E-state index in [-0.39, 0.29) is 11.9 Å². The zero-order chi connectivity index (χ0) is 14.8. The molecular formula is C18H20FNS. The Balaban J connectivity index is 1.57. The molecule has 1 N–H and O–H groups in total. The maximum atomic E-state index is 13.6. The van der Waals surface area contributed by atoms with Gasteiger partial charge < -0.3 is 5.32 Å². The summed E-state index contributed by atoms with van der Waals surface area (Å²) in [5.41, 5.74) is 3.16. The normalized spacial score (nSPS) is 18.5. The Morgan fingerprint density at radius 3 is 2.86 bits per heavy atom. The molecule has 21 heavy (non-hydrogen) atoms. The first kappa shape index (κ1) is 14.6. The maximum Gasteiger partial charge on any atom is 0.126 e. The Kier molecular flexibility index (Phi) is 4.32. The van der Waals surface area contributed by atoms with E-state index in [0.29, 0.717) is 10.8 Å². The number of nitrogens with one attached hydrogen (secondary N) is 1. The van der Waals surface area contributed by atoms with E-state index >= 15 is 0 Å². The van der Waals surface area contributed by atoms with Gasteiger partial charge in [-0.25, -0.2) is 4.39 Å². The van der Waals surface area contributed by atoms with Crippen molar-refractivity contribution in [2.75, 3.05) is 6.54 Å². The SMILES string of the molecule is Cc1ccc(C(C)NCC2Cc3ccccc3S2)cc1F. The zero-order valence-corrected chi connectivity index (χ0v) is 13.2. The highest BCUT2D eigenvalue weighted by Crippen LogP contribution is 2.36. The molecule has 1 aliphatic heterocycles. The van der Waals surface area contributed by atoms with Gasteiger partial charge in [0.2, 0.25) is 0 Å². The van der Waals surface area contributed by atoms with Gasteiger partial charge in [0.25, 0.3) is 0 Å². The Hall–Kier alpha value is -1.32. The lowest BCUT2D eigenvalue weighted by Crippen LogP contribution is -2.27. The van der Waals surface area contributed by atoms with Crippen LogP contribution in [0.15, 0.2) is 47.4 Å². The van der Waals surface area contributed by atoms with Crippen LogP contribution in [0.2, 0.25) is 0 Å². The molecule has 0 amide bonds. The second-order valence-corrected chi connectivity index (χ2v) is 7.03. The molecule has 2 unspecified atom stereocenters. The summed E-state index contributed by atoms with van der Waals surface area (Å²) < 4.78 is 13.6. The molecule has 0 bridgehead atoms. The number of aryl methyl sites for hydroxylation is 1. The average Bonchev–Trinajstić information content (AvgIpc) is 2.90. The van der Waals surface area contributed by atoms with Crippen molar-refractivity contribution in [3.63, 3.8) is 0 Å². The summed E-state index contributed by atoms with van der Waals surface area (Å²) in [5.74, 6) is -0.121. The van der Waals surface area contributed by atoms with Gasteiger partial charge in [0.15, 0.2) is 0 Å². The van der Waals surface area contributed by atoms with Gasteiger partial charge in [-0.05, 0) is 49.1 Å². The minimum atomic E-state index is -0.121. The summed E-state index contributed by atoms with van der Waals surface area (Å²) in [6.45, 7) is 4.83. The van der Waals surface area contributed by atoms with Gasteiger partial charge >= 0.3 is 0 Å². The van der Waals surface area contributed by atoms with Crippen LogP contribution < -0.4 is 5.32 Å². The van der Waals surface area contributed by atoms with Crippen molar-refractivity contribution in [1.82, 2.24) is 5.32 Å². The quantitative estimate of drug-likeness (QED) is 0.892. The number of fused-ring (bicyclic) bond motifs is 1. The van der Waals surface area contributed by atoms with Crippen LogP contribution in [0.4, 0.5) is 4.39 Å². The lowest BCUT2D eigenvalue weighted by Gasteiger charge is -2.17. The highest BCUT2D eigenvalue weighted by molar-refractivity contribution is 8.00. The molecule has 0 aromatic heterocycles. The smallest absolute Gasteiger partial charge is 0.126 e. The van der Waals surface area contributed by atoms with Crippen molar-refractivity contribution >= 4 is 11.8 Å². The fraction of sp³-hybridized carbons (Fsp3) is 0.333. The molecule has 0 radical (unpaired) electrons. The van der Waals surface area contributed by atoms with Gasteiger partial charge in [-0.3, -0.25) is 0 Å². The summed E-state index contributed by atoms with van der Waals surface area (Å²) in [6, 6.07) is 14.3. The topological polar surface area (TPSA) is 12.0 Å². The number of halogens is 1. The predicted molar refractivity (Wildman–Crippen MR) is 87.3 cm³/mol. The van der Waals surface area contributed by atoms with Crippen LogP contribution in [0.1, 0.15) is 29.7 Å². The monoisotopic (exact) mass is 301 g/mol. The second-order valence-electron chi connectivity index (χ2n) is 5.69. The third-order valence-electron chi connectivity index (χ3n) is 4.06. The molecule has 2 aromatic carbocycles. The van der Waals surface area contributed by atoms with Crippen LogP contribution in [0.25, 0.3) is 0 Å². The van der Waals surface area contributed by atoms with Gasteiger partial charge in [0.05, 0.1) is 0 Å². The molecule has 2 atom stereocenters. The number of rotatable bonds is 4. The van der Waals surface area contributed by atoms with Crippen LogP contribution in [0.3, 0.4) is 0 Å². The molecular weight excluding hydrogens is 281 g/mol. The predicted octanol–water partition coefficient (Wildman–Crippen LogP) is 4.50. The van der Waals surface area contributed by atoms with Crippen LogP contribution in [0, 0.1) is 12.7 Å². The van der Waals surface area contributed by atoms with Crippen molar-refractivity contribution in [2.24, 2.45) is 0 Å². The van der Waals surface area contributed by atoms with E-state index in [1.54, 1.807) is 13.0 Å². The molecule has 0 saturated heterocycles. The summed E-state index contributed by atoms with van der Waals surface area (Å²) in [5, 5.41) is 4.10. The Labute approximate surface area is 130 Å². The largest absolute Gasteiger partial charge is 0.309 e. The molecule has 1 aliphatic rings. The molecule has 1 heterocycles. The third-order valence-corrected chi connectivity index (χ3v) is 5.38. The van der Waals surface area contributed by atoms with Crippen molar-refractivity contribution in [3.8, 4) is 0 Å². The van der Waals surface area contributed by atoms with Crippen molar-refractivity contribution in [2.45, 2.75) is 36.5 Å². The van der Waals surface area contributed by atoms with E-state index in [0.717, 1.165) is 18.5 Å². The standard InChI is InChI=1S/C18H20FNS/c1-12-7-8-14(10-17(12)19)13(2)20-11-16-9-15-5-3-4-6-18(15)21-16/h3-8,10,13,16,20H,9,11H2,1-2H3. The van der Waals surface area contributed by atoms with E-state index in [1.807, 2.05) is 23.9 Å². The van der Waals surface area contributed by atoms with Gasteiger partial charge in [0.1, 0.15) is 5.82 Å². The number of benzene rings is 2. The van der Waals surface area contributed by atoms with E-state index < -0.39 is 0 Å². The molecule has 1 nitrogen and oxygen atoms in total. The van der Waals surface area contributed by atoms with E-state index in [4.69, 9.17) is 0 Å². The van der Waals surface area contributed by atoms with Crippen LogP contribution in [-0.4, -0.2) is 11.8 Å². The molecule has 3 heteroatoms. The molecule has 2 aromatic rings.